The number of allylic oxidation sites excluding steroid dienone is 1. The first kappa shape index (κ1) is 9.21. The van der Waals surface area contributed by atoms with E-state index in [0.29, 0.717) is 0 Å². The third-order valence-corrected chi connectivity index (χ3v) is 1.35. The van der Waals surface area contributed by atoms with Crippen LogP contribution in [0.4, 0.5) is 0 Å². The monoisotopic (exact) mass is 140 g/mol. The van der Waals surface area contributed by atoms with Crippen molar-refractivity contribution in [3.63, 3.8) is 0 Å². The first-order chi connectivity index (χ1) is 4.59. The van der Waals surface area contributed by atoms with Crippen LogP contribution in [0.15, 0.2) is 17.3 Å². The summed E-state index contributed by atoms with van der Waals surface area (Å²) in [5.41, 5.74) is 2.01. The van der Waals surface area contributed by atoms with E-state index in [0.717, 1.165) is 18.0 Å². The molecule has 2 nitrogen and oxygen atoms in total. The second kappa shape index (κ2) is 4.09. The molecular formula is C8H16N2. The molecule has 0 bridgehead atoms. The standard InChI is InChI=1S/C8H16N2/c1-6-9-7(2)8(3)10(4)5/h3,6H2,1-2,4-5H3/b9-7-. The lowest BCUT2D eigenvalue weighted by atomic mass is 10.3. The predicted molar refractivity (Wildman–Crippen MR) is 46.5 cm³/mol. The lowest BCUT2D eigenvalue weighted by Gasteiger charge is -2.14. The summed E-state index contributed by atoms with van der Waals surface area (Å²) in [7, 11) is 3.94. The van der Waals surface area contributed by atoms with Crippen molar-refractivity contribution in [2.75, 3.05) is 20.6 Å². The van der Waals surface area contributed by atoms with E-state index in [1.807, 2.05) is 32.8 Å². The Labute approximate surface area is 63.3 Å². The molecule has 0 aromatic carbocycles. The Balaban J connectivity index is 4.08. The Kier molecular flexibility index (Phi) is 3.77. The van der Waals surface area contributed by atoms with Gasteiger partial charge < -0.3 is 4.90 Å². The fourth-order valence-corrected chi connectivity index (χ4v) is 0.652. The molecule has 0 aliphatic heterocycles. The highest BCUT2D eigenvalue weighted by Crippen LogP contribution is 1.97. The molecule has 0 fully saturated rings. The highest BCUT2D eigenvalue weighted by molar-refractivity contribution is 5.96. The molecule has 0 amide bonds. The van der Waals surface area contributed by atoms with Crippen molar-refractivity contribution >= 4 is 5.71 Å². The number of nitrogens with zero attached hydrogens (tertiary/aromatic N) is 2. The summed E-state index contributed by atoms with van der Waals surface area (Å²) in [6, 6.07) is 0. The van der Waals surface area contributed by atoms with Crippen LogP contribution in [-0.4, -0.2) is 31.3 Å². The Morgan fingerprint density at radius 1 is 1.50 bits per heavy atom. The van der Waals surface area contributed by atoms with E-state index in [9.17, 15) is 0 Å². The number of hydrogen-bond donors (Lipinski definition) is 0. The van der Waals surface area contributed by atoms with Gasteiger partial charge in [0.1, 0.15) is 0 Å². The second-order valence-electron chi connectivity index (χ2n) is 2.40. The zero-order chi connectivity index (χ0) is 8.15. The predicted octanol–water partition coefficient (Wildman–Crippen LogP) is 1.54. The Morgan fingerprint density at radius 2 is 2.00 bits per heavy atom. The molecule has 0 radical (unpaired) electrons. The van der Waals surface area contributed by atoms with E-state index < -0.39 is 0 Å². The Hall–Kier alpha value is -0.790. The fourth-order valence-electron chi connectivity index (χ4n) is 0.652. The van der Waals surface area contributed by atoms with E-state index in [1.165, 1.54) is 0 Å². The fraction of sp³-hybridized carbons (Fsp3) is 0.625. The van der Waals surface area contributed by atoms with Gasteiger partial charge in [0.15, 0.2) is 0 Å². The zero-order valence-corrected chi connectivity index (χ0v) is 7.31. The highest BCUT2D eigenvalue weighted by atomic mass is 15.1. The van der Waals surface area contributed by atoms with Crippen molar-refractivity contribution in [1.82, 2.24) is 4.90 Å². The zero-order valence-electron chi connectivity index (χ0n) is 7.31. The van der Waals surface area contributed by atoms with Crippen molar-refractivity contribution in [2.24, 2.45) is 4.99 Å². The second-order valence-corrected chi connectivity index (χ2v) is 2.40. The van der Waals surface area contributed by atoms with Gasteiger partial charge in [0.25, 0.3) is 0 Å². The highest BCUT2D eigenvalue weighted by Gasteiger charge is 1.97. The first-order valence-electron chi connectivity index (χ1n) is 3.47. The van der Waals surface area contributed by atoms with Crippen molar-refractivity contribution < 1.29 is 0 Å². The van der Waals surface area contributed by atoms with Gasteiger partial charge >= 0.3 is 0 Å². The molecule has 0 aromatic heterocycles. The van der Waals surface area contributed by atoms with Crippen LogP contribution in [0.5, 0.6) is 0 Å². The molecule has 0 unspecified atom stereocenters. The molecule has 0 N–H and O–H groups in total. The lowest BCUT2D eigenvalue weighted by molar-refractivity contribution is 0.540. The quantitative estimate of drug-likeness (QED) is 0.543. The number of hydrogen-bond acceptors (Lipinski definition) is 2. The van der Waals surface area contributed by atoms with E-state index in [2.05, 4.69) is 11.6 Å². The molecule has 0 aliphatic carbocycles. The van der Waals surface area contributed by atoms with Gasteiger partial charge in [0, 0.05) is 26.3 Å². The maximum atomic E-state index is 4.22. The van der Waals surface area contributed by atoms with Crippen LogP contribution < -0.4 is 0 Å². The summed E-state index contributed by atoms with van der Waals surface area (Å²) >= 11 is 0. The molecule has 2 heteroatoms. The van der Waals surface area contributed by atoms with Crippen LogP contribution in [0.2, 0.25) is 0 Å². The van der Waals surface area contributed by atoms with Crippen molar-refractivity contribution in [1.29, 1.82) is 0 Å². The smallest absolute Gasteiger partial charge is 0.0544 e. The average Bonchev–Trinajstić information content (AvgIpc) is 1.87. The molecule has 10 heavy (non-hydrogen) atoms. The summed E-state index contributed by atoms with van der Waals surface area (Å²) in [4.78, 5) is 6.19. The minimum Gasteiger partial charge on any atom is -0.377 e. The topological polar surface area (TPSA) is 15.6 Å². The first-order valence-corrected chi connectivity index (χ1v) is 3.47. The normalized spacial score (nSPS) is 11.4. The summed E-state index contributed by atoms with van der Waals surface area (Å²) in [6.07, 6.45) is 0. The SMILES string of the molecule is C=C(/C(C)=N\CC)N(C)C. The van der Waals surface area contributed by atoms with Crippen LogP contribution in [0, 0.1) is 0 Å². The van der Waals surface area contributed by atoms with E-state index in [-0.39, 0.29) is 0 Å². The third-order valence-electron chi connectivity index (χ3n) is 1.35. The number of aliphatic imine (C=N–C) groups is 1. The molecule has 0 rings (SSSR count). The van der Waals surface area contributed by atoms with Gasteiger partial charge in [-0.25, -0.2) is 0 Å². The van der Waals surface area contributed by atoms with E-state index >= 15 is 0 Å². The number of rotatable bonds is 3. The molecule has 0 heterocycles. The minimum absolute atomic E-state index is 0.832. The van der Waals surface area contributed by atoms with Crippen LogP contribution in [0.1, 0.15) is 13.8 Å². The maximum Gasteiger partial charge on any atom is 0.0544 e. The van der Waals surface area contributed by atoms with Crippen molar-refractivity contribution in [3.05, 3.63) is 12.3 Å². The molecule has 0 aliphatic rings. The van der Waals surface area contributed by atoms with Gasteiger partial charge in [-0.05, 0) is 13.8 Å². The van der Waals surface area contributed by atoms with E-state index in [4.69, 9.17) is 0 Å². The third kappa shape index (κ3) is 2.67. The van der Waals surface area contributed by atoms with E-state index in [1.54, 1.807) is 0 Å². The Bertz CT molecular complexity index is 145. The molecular weight excluding hydrogens is 124 g/mol. The van der Waals surface area contributed by atoms with Crippen LogP contribution in [0.3, 0.4) is 0 Å². The van der Waals surface area contributed by atoms with Gasteiger partial charge in [-0.3, -0.25) is 4.99 Å². The summed E-state index contributed by atoms with van der Waals surface area (Å²) < 4.78 is 0. The van der Waals surface area contributed by atoms with Gasteiger partial charge in [0.2, 0.25) is 0 Å². The molecule has 0 aromatic rings. The molecule has 0 spiro atoms. The molecule has 0 saturated heterocycles. The molecule has 58 valence electrons. The lowest BCUT2D eigenvalue weighted by Crippen LogP contribution is -2.16. The molecule has 0 saturated carbocycles. The van der Waals surface area contributed by atoms with Crippen LogP contribution >= 0.6 is 0 Å². The van der Waals surface area contributed by atoms with Gasteiger partial charge in [0.05, 0.1) is 5.71 Å². The maximum absolute atomic E-state index is 4.22. The van der Waals surface area contributed by atoms with Crippen molar-refractivity contribution in [3.8, 4) is 0 Å². The summed E-state index contributed by atoms with van der Waals surface area (Å²) in [5.74, 6) is 0. The minimum atomic E-state index is 0.832. The van der Waals surface area contributed by atoms with Gasteiger partial charge in [-0.15, -0.1) is 0 Å². The van der Waals surface area contributed by atoms with Crippen molar-refractivity contribution in [2.45, 2.75) is 13.8 Å². The van der Waals surface area contributed by atoms with Gasteiger partial charge in [-0.1, -0.05) is 6.58 Å². The average molecular weight is 140 g/mol. The summed E-state index contributed by atoms with van der Waals surface area (Å²) in [5, 5.41) is 0. The summed E-state index contributed by atoms with van der Waals surface area (Å²) in [6.45, 7) is 8.70. The van der Waals surface area contributed by atoms with Crippen LogP contribution in [-0.2, 0) is 0 Å². The molecule has 0 atom stereocenters. The Morgan fingerprint density at radius 3 is 2.30 bits per heavy atom. The van der Waals surface area contributed by atoms with Gasteiger partial charge in [-0.2, -0.15) is 0 Å². The van der Waals surface area contributed by atoms with Crippen LogP contribution in [0.25, 0.3) is 0 Å². The largest absolute Gasteiger partial charge is 0.377 e.